The van der Waals surface area contributed by atoms with E-state index in [1.54, 1.807) is 19.5 Å². The lowest BCUT2D eigenvalue weighted by molar-refractivity contribution is -0.180. The van der Waals surface area contributed by atoms with Crippen LogP contribution in [0, 0.1) is 0 Å². The number of nitrogens with zero attached hydrogens (tertiary/aromatic N) is 4. The number of carbonyl (C=O) groups excluding carboxylic acids is 1. The smallest absolute Gasteiger partial charge is 0.316 e. The van der Waals surface area contributed by atoms with Crippen molar-refractivity contribution in [3.05, 3.63) is 18.0 Å². The molecule has 1 amide bonds. The van der Waals surface area contributed by atoms with Gasteiger partial charge in [-0.25, -0.2) is 9.97 Å². The molecule has 7 heteroatoms. The highest BCUT2D eigenvalue weighted by Crippen LogP contribution is 2.45. The molecule has 1 spiro atoms. The van der Waals surface area contributed by atoms with E-state index in [0.29, 0.717) is 12.4 Å². The SMILES string of the molecule is COc1ncc(CN2CC[C@@]34OCCCN3C(=O)C[C@@H]24)cn1. The van der Waals surface area contributed by atoms with E-state index >= 15 is 0 Å². The molecule has 4 heterocycles. The minimum absolute atomic E-state index is 0.141. The van der Waals surface area contributed by atoms with Crippen LogP contribution in [0.4, 0.5) is 0 Å². The van der Waals surface area contributed by atoms with Gasteiger partial charge in [0, 0.05) is 50.4 Å². The minimum Gasteiger partial charge on any atom is -0.467 e. The number of likely N-dealkylation sites (tertiary alicyclic amines) is 1. The number of hydrogen-bond donors (Lipinski definition) is 0. The molecular formula is C15H20N4O3. The molecular weight excluding hydrogens is 284 g/mol. The van der Waals surface area contributed by atoms with Crippen LogP contribution in [0.3, 0.4) is 0 Å². The van der Waals surface area contributed by atoms with E-state index in [1.807, 2.05) is 4.90 Å². The summed E-state index contributed by atoms with van der Waals surface area (Å²) in [5.74, 6) is 0.223. The maximum atomic E-state index is 12.3. The molecule has 1 aromatic rings. The summed E-state index contributed by atoms with van der Waals surface area (Å²) in [5.41, 5.74) is 0.641. The zero-order valence-electron chi connectivity index (χ0n) is 12.7. The fraction of sp³-hybridized carbons (Fsp3) is 0.667. The summed E-state index contributed by atoms with van der Waals surface area (Å²) in [4.78, 5) is 24.9. The Morgan fingerprint density at radius 1 is 1.41 bits per heavy atom. The predicted octanol–water partition coefficient (Wildman–Crippen LogP) is 0.408. The van der Waals surface area contributed by atoms with Crippen molar-refractivity contribution in [2.24, 2.45) is 0 Å². The maximum Gasteiger partial charge on any atom is 0.316 e. The monoisotopic (exact) mass is 304 g/mol. The molecule has 0 N–H and O–H groups in total. The Balaban J connectivity index is 1.53. The topological polar surface area (TPSA) is 67.8 Å². The van der Waals surface area contributed by atoms with Gasteiger partial charge in [-0.3, -0.25) is 9.69 Å². The third kappa shape index (κ3) is 1.99. The Hall–Kier alpha value is -1.73. The lowest BCUT2D eigenvalue weighted by Crippen LogP contribution is -2.56. The van der Waals surface area contributed by atoms with E-state index in [2.05, 4.69) is 14.9 Å². The summed E-state index contributed by atoms with van der Waals surface area (Å²) in [7, 11) is 1.55. The fourth-order valence-corrected chi connectivity index (χ4v) is 3.99. The van der Waals surface area contributed by atoms with Gasteiger partial charge in [-0.05, 0) is 6.42 Å². The number of hydrogen-bond acceptors (Lipinski definition) is 6. The zero-order valence-corrected chi connectivity index (χ0v) is 12.7. The van der Waals surface area contributed by atoms with Crippen molar-refractivity contribution in [1.82, 2.24) is 19.8 Å². The summed E-state index contributed by atoms with van der Waals surface area (Å²) in [5, 5.41) is 0. The highest BCUT2D eigenvalue weighted by molar-refractivity contribution is 5.81. The first-order valence-electron chi connectivity index (χ1n) is 7.76. The Labute approximate surface area is 129 Å². The Kier molecular flexibility index (Phi) is 3.27. The lowest BCUT2D eigenvalue weighted by atomic mass is 10.0. The molecule has 3 saturated heterocycles. The van der Waals surface area contributed by atoms with E-state index < -0.39 is 0 Å². The van der Waals surface area contributed by atoms with Crippen molar-refractivity contribution in [2.45, 2.75) is 37.6 Å². The van der Waals surface area contributed by atoms with E-state index in [1.165, 1.54) is 0 Å². The van der Waals surface area contributed by atoms with Crippen LogP contribution < -0.4 is 4.74 Å². The van der Waals surface area contributed by atoms with Crippen molar-refractivity contribution < 1.29 is 14.3 Å². The molecule has 3 fully saturated rings. The van der Waals surface area contributed by atoms with Crippen LogP contribution in [0.1, 0.15) is 24.8 Å². The number of aromatic nitrogens is 2. The van der Waals surface area contributed by atoms with Gasteiger partial charge in [0.15, 0.2) is 5.72 Å². The number of methoxy groups -OCH3 is 1. The molecule has 4 rings (SSSR count). The average Bonchev–Trinajstić information content (AvgIpc) is 3.02. The van der Waals surface area contributed by atoms with Crippen LogP contribution in [-0.2, 0) is 16.1 Å². The molecule has 1 aromatic heterocycles. The van der Waals surface area contributed by atoms with Gasteiger partial charge < -0.3 is 14.4 Å². The van der Waals surface area contributed by atoms with Crippen molar-refractivity contribution in [2.75, 3.05) is 26.8 Å². The van der Waals surface area contributed by atoms with Crippen LogP contribution in [-0.4, -0.2) is 64.2 Å². The quantitative estimate of drug-likeness (QED) is 0.805. The van der Waals surface area contributed by atoms with Gasteiger partial charge in [-0.1, -0.05) is 0 Å². The van der Waals surface area contributed by atoms with Gasteiger partial charge in [-0.2, -0.15) is 0 Å². The fourth-order valence-electron chi connectivity index (χ4n) is 3.99. The molecule has 118 valence electrons. The number of carbonyl (C=O) groups is 1. The molecule has 7 nitrogen and oxygen atoms in total. The van der Waals surface area contributed by atoms with Crippen LogP contribution in [0.15, 0.2) is 12.4 Å². The highest BCUT2D eigenvalue weighted by Gasteiger charge is 2.60. The van der Waals surface area contributed by atoms with Crippen molar-refractivity contribution in [3.8, 4) is 6.01 Å². The Morgan fingerprint density at radius 2 is 2.23 bits per heavy atom. The summed E-state index contributed by atoms with van der Waals surface area (Å²) >= 11 is 0. The van der Waals surface area contributed by atoms with Gasteiger partial charge >= 0.3 is 6.01 Å². The second-order valence-electron chi connectivity index (χ2n) is 6.11. The van der Waals surface area contributed by atoms with Gasteiger partial charge in [0.05, 0.1) is 19.8 Å². The molecule has 2 atom stereocenters. The molecule has 0 unspecified atom stereocenters. The first kappa shape index (κ1) is 13.9. The molecule has 0 aliphatic carbocycles. The number of amides is 1. The molecule has 0 bridgehead atoms. The average molecular weight is 304 g/mol. The first-order valence-corrected chi connectivity index (χ1v) is 7.76. The van der Waals surface area contributed by atoms with E-state index in [9.17, 15) is 4.79 Å². The third-order valence-corrected chi connectivity index (χ3v) is 4.97. The summed E-state index contributed by atoms with van der Waals surface area (Å²) in [6.45, 7) is 3.25. The molecule has 3 aliphatic rings. The van der Waals surface area contributed by atoms with E-state index in [0.717, 1.165) is 44.6 Å². The normalized spacial score (nSPS) is 31.2. The van der Waals surface area contributed by atoms with Gasteiger partial charge in [-0.15, -0.1) is 0 Å². The molecule has 0 saturated carbocycles. The highest BCUT2D eigenvalue weighted by atomic mass is 16.5. The van der Waals surface area contributed by atoms with Crippen LogP contribution >= 0.6 is 0 Å². The van der Waals surface area contributed by atoms with Crippen molar-refractivity contribution in [1.29, 1.82) is 0 Å². The van der Waals surface area contributed by atoms with Crippen LogP contribution in [0.2, 0.25) is 0 Å². The molecule has 0 radical (unpaired) electrons. The molecule has 22 heavy (non-hydrogen) atoms. The number of ether oxygens (including phenoxy) is 2. The summed E-state index contributed by atoms with van der Waals surface area (Å²) in [6, 6.07) is 0.516. The van der Waals surface area contributed by atoms with Gasteiger partial charge in [0.2, 0.25) is 5.91 Å². The minimum atomic E-state index is -0.386. The predicted molar refractivity (Wildman–Crippen MR) is 77.0 cm³/mol. The molecule has 0 aromatic carbocycles. The Bertz CT molecular complexity index is 579. The third-order valence-electron chi connectivity index (χ3n) is 4.97. The van der Waals surface area contributed by atoms with Gasteiger partial charge in [0.1, 0.15) is 0 Å². The van der Waals surface area contributed by atoms with E-state index in [-0.39, 0.29) is 17.7 Å². The number of rotatable bonds is 3. The molecule has 3 aliphatic heterocycles. The largest absolute Gasteiger partial charge is 0.467 e. The van der Waals surface area contributed by atoms with Crippen LogP contribution in [0.25, 0.3) is 0 Å². The van der Waals surface area contributed by atoms with Crippen LogP contribution in [0.5, 0.6) is 6.01 Å². The standard InChI is InChI=1S/C15H20N4O3/c1-21-14-16-8-11(9-17-14)10-18-5-3-15-12(18)7-13(20)19(15)4-2-6-22-15/h8-9,12H,2-7,10H2,1H3/t12-,15+/m1/s1. The second kappa shape index (κ2) is 5.17. The van der Waals surface area contributed by atoms with Gasteiger partial charge in [0.25, 0.3) is 0 Å². The maximum absolute atomic E-state index is 12.3. The lowest BCUT2D eigenvalue weighted by Gasteiger charge is -2.42. The Morgan fingerprint density at radius 3 is 3.00 bits per heavy atom. The van der Waals surface area contributed by atoms with Crippen molar-refractivity contribution >= 4 is 5.91 Å². The second-order valence-corrected chi connectivity index (χ2v) is 6.11. The van der Waals surface area contributed by atoms with E-state index in [4.69, 9.17) is 9.47 Å². The summed E-state index contributed by atoms with van der Waals surface area (Å²) < 4.78 is 11.1. The van der Waals surface area contributed by atoms with Crippen molar-refractivity contribution in [3.63, 3.8) is 0 Å². The summed E-state index contributed by atoms with van der Waals surface area (Å²) in [6.07, 6.45) is 5.95. The zero-order chi connectivity index (χ0) is 15.2. The first-order chi connectivity index (χ1) is 10.7.